The van der Waals surface area contributed by atoms with Crippen molar-refractivity contribution < 1.29 is 34.7 Å². The summed E-state index contributed by atoms with van der Waals surface area (Å²) in [4.78, 5) is -0.664. The van der Waals surface area contributed by atoms with Crippen LogP contribution >= 0.6 is 0 Å². The Kier molecular flexibility index (Phi) is 6.05. The average molecular weight is 463 g/mol. The molecule has 1 heterocycles. The van der Waals surface area contributed by atoms with Gasteiger partial charge in [-0.3, -0.25) is 0 Å². The summed E-state index contributed by atoms with van der Waals surface area (Å²) in [6.45, 7) is 1.57. The van der Waals surface area contributed by atoms with Crippen LogP contribution in [0, 0.1) is 5.82 Å². The van der Waals surface area contributed by atoms with Crippen molar-refractivity contribution in [2.24, 2.45) is 0 Å². The van der Waals surface area contributed by atoms with Crippen LogP contribution in [0.4, 0.5) is 13.2 Å². The maximum atomic E-state index is 14.3. The van der Waals surface area contributed by atoms with Crippen molar-refractivity contribution in [3.8, 4) is 0 Å². The number of hydrogen-bond donors (Lipinski definition) is 0. The monoisotopic (exact) mass is 462 g/mol. The summed E-state index contributed by atoms with van der Waals surface area (Å²) in [6, 6.07) is 8.21. The van der Waals surface area contributed by atoms with Gasteiger partial charge in [0.05, 0.1) is 15.7 Å². The Bertz CT molecular complexity index is 1160. The molecule has 2 unspecified atom stereocenters. The van der Waals surface area contributed by atoms with Crippen LogP contribution in [0.25, 0.3) is 0 Å². The van der Waals surface area contributed by atoms with Gasteiger partial charge in [0, 0.05) is 18.4 Å². The Morgan fingerprint density at radius 3 is 2.40 bits per heavy atom. The molecule has 0 saturated carbocycles. The summed E-state index contributed by atoms with van der Waals surface area (Å²) in [7, 11) is -7.75. The molecule has 0 spiro atoms. The number of halogens is 3. The van der Waals surface area contributed by atoms with Gasteiger partial charge in [0.15, 0.2) is 19.7 Å². The summed E-state index contributed by atoms with van der Waals surface area (Å²) >= 11 is 0. The van der Waals surface area contributed by atoms with Crippen LogP contribution < -0.4 is 0 Å². The molecule has 2 aromatic carbocycles. The fourth-order valence-corrected chi connectivity index (χ4v) is 6.12. The molecule has 2 atom stereocenters. The second-order valence-electron chi connectivity index (χ2n) is 7.60. The Labute approximate surface area is 173 Å². The molecule has 1 aliphatic heterocycles. The maximum Gasteiger partial charge on any atom is 0.263 e. The van der Waals surface area contributed by atoms with Gasteiger partial charge in [-0.15, -0.1) is 0 Å². The van der Waals surface area contributed by atoms with Crippen molar-refractivity contribution in [2.75, 3.05) is 12.9 Å². The van der Waals surface area contributed by atoms with Crippen LogP contribution in [0.3, 0.4) is 0 Å². The zero-order valence-electron chi connectivity index (χ0n) is 16.3. The molecule has 0 bridgehead atoms. The lowest BCUT2D eigenvalue weighted by atomic mass is 9.92. The third-order valence-corrected chi connectivity index (χ3v) is 9.04. The van der Waals surface area contributed by atoms with E-state index in [9.17, 15) is 30.0 Å². The largest absolute Gasteiger partial charge is 0.373 e. The quantitative estimate of drug-likeness (QED) is 0.664. The minimum absolute atomic E-state index is 0.0358. The molecular weight excluding hydrogens is 441 g/mol. The van der Waals surface area contributed by atoms with Crippen LogP contribution in [0.15, 0.2) is 52.3 Å². The molecule has 1 saturated heterocycles. The standard InChI is InChI=1S/C20H21F3O5S2/c1-20(30(26,27)15-5-3-4-14(10-15)19(22)23)8-9-28-17(12-20)13-6-7-18(16(21)11-13)29(2,24)25/h3-7,10-11,17,19H,8-9,12H2,1-2H3. The number of benzene rings is 2. The smallest absolute Gasteiger partial charge is 0.263 e. The highest BCUT2D eigenvalue weighted by atomic mass is 32.2. The molecular formula is C20H21F3O5S2. The highest BCUT2D eigenvalue weighted by Gasteiger charge is 2.45. The molecule has 30 heavy (non-hydrogen) atoms. The van der Waals surface area contributed by atoms with E-state index in [1.165, 1.54) is 25.1 Å². The summed E-state index contributed by atoms with van der Waals surface area (Å²) in [6.07, 6.45) is -2.61. The van der Waals surface area contributed by atoms with Gasteiger partial charge in [-0.05, 0) is 49.6 Å². The molecule has 1 aliphatic rings. The number of alkyl halides is 2. The summed E-state index contributed by atoms with van der Waals surface area (Å²) in [5, 5.41) is 0. The van der Waals surface area contributed by atoms with Gasteiger partial charge in [-0.2, -0.15) is 0 Å². The molecule has 0 radical (unpaired) electrons. The topological polar surface area (TPSA) is 77.5 Å². The summed E-state index contributed by atoms with van der Waals surface area (Å²) in [5.41, 5.74) is -0.0796. The Morgan fingerprint density at radius 1 is 1.10 bits per heavy atom. The second-order valence-corrected chi connectivity index (χ2v) is 12.1. The van der Waals surface area contributed by atoms with Crippen LogP contribution in [0.2, 0.25) is 0 Å². The molecule has 0 N–H and O–H groups in total. The van der Waals surface area contributed by atoms with E-state index in [0.29, 0.717) is 5.56 Å². The lowest BCUT2D eigenvalue weighted by molar-refractivity contribution is 0.0000995. The van der Waals surface area contributed by atoms with E-state index in [-0.39, 0.29) is 29.9 Å². The second kappa shape index (κ2) is 7.97. The van der Waals surface area contributed by atoms with E-state index in [4.69, 9.17) is 4.74 Å². The normalized spacial score (nSPS) is 22.9. The fraction of sp³-hybridized carbons (Fsp3) is 0.400. The van der Waals surface area contributed by atoms with Crippen molar-refractivity contribution in [3.63, 3.8) is 0 Å². The van der Waals surface area contributed by atoms with Gasteiger partial charge in [0.25, 0.3) is 6.43 Å². The van der Waals surface area contributed by atoms with E-state index in [1.54, 1.807) is 0 Å². The molecule has 3 rings (SSSR count). The van der Waals surface area contributed by atoms with Crippen molar-refractivity contribution in [3.05, 3.63) is 59.4 Å². The van der Waals surface area contributed by atoms with E-state index in [2.05, 4.69) is 0 Å². The predicted octanol–water partition coefficient (Wildman–Crippen LogP) is 4.25. The third-order valence-electron chi connectivity index (χ3n) is 5.36. The highest BCUT2D eigenvalue weighted by molar-refractivity contribution is 7.92. The minimum atomic E-state index is -4.00. The van der Waals surface area contributed by atoms with Crippen molar-refractivity contribution >= 4 is 19.7 Å². The van der Waals surface area contributed by atoms with Gasteiger partial charge in [0.1, 0.15) is 10.7 Å². The molecule has 2 aromatic rings. The van der Waals surface area contributed by atoms with Crippen molar-refractivity contribution in [2.45, 2.75) is 46.8 Å². The number of ether oxygens (including phenoxy) is 1. The van der Waals surface area contributed by atoms with Gasteiger partial charge in [-0.1, -0.05) is 18.2 Å². The molecule has 0 aliphatic carbocycles. The Balaban J connectivity index is 1.94. The Morgan fingerprint density at radius 2 is 1.80 bits per heavy atom. The van der Waals surface area contributed by atoms with Crippen LogP contribution in [-0.4, -0.2) is 34.4 Å². The van der Waals surface area contributed by atoms with Gasteiger partial charge in [-0.25, -0.2) is 30.0 Å². The van der Waals surface area contributed by atoms with Crippen LogP contribution in [0.1, 0.15) is 43.4 Å². The Hall–Kier alpha value is -1.91. The molecule has 0 aromatic heterocycles. The van der Waals surface area contributed by atoms with E-state index >= 15 is 0 Å². The molecule has 164 valence electrons. The number of rotatable bonds is 5. The van der Waals surface area contributed by atoms with E-state index in [1.807, 2.05) is 0 Å². The van der Waals surface area contributed by atoms with Crippen molar-refractivity contribution in [1.29, 1.82) is 0 Å². The lowest BCUT2D eigenvalue weighted by Crippen LogP contribution is -2.42. The maximum absolute atomic E-state index is 14.3. The first kappa shape index (κ1) is 22.8. The SMILES string of the molecule is CC1(S(=O)(=O)c2cccc(C(F)F)c2)CCOC(c2ccc(S(C)(=O)=O)c(F)c2)C1. The van der Waals surface area contributed by atoms with E-state index in [0.717, 1.165) is 30.5 Å². The molecule has 5 nitrogen and oxygen atoms in total. The molecule has 10 heteroatoms. The zero-order valence-corrected chi connectivity index (χ0v) is 17.9. The molecule has 0 amide bonds. The summed E-state index contributed by atoms with van der Waals surface area (Å²) < 4.78 is 94.4. The van der Waals surface area contributed by atoms with Gasteiger partial charge < -0.3 is 4.74 Å². The van der Waals surface area contributed by atoms with Crippen LogP contribution in [0.5, 0.6) is 0 Å². The fourth-order valence-electron chi connectivity index (χ4n) is 3.55. The number of hydrogen-bond acceptors (Lipinski definition) is 5. The number of sulfone groups is 2. The van der Waals surface area contributed by atoms with E-state index < -0.39 is 47.7 Å². The third kappa shape index (κ3) is 4.26. The first-order chi connectivity index (χ1) is 13.8. The zero-order chi connectivity index (χ0) is 22.3. The van der Waals surface area contributed by atoms with Crippen LogP contribution in [-0.2, 0) is 24.4 Å². The lowest BCUT2D eigenvalue weighted by Gasteiger charge is -2.38. The van der Waals surface area contributed by atoms with Gasteiger partial charge >= 0.3 is 0 Å². The minimum Gasteiger partial charge on any atom is -0.373 e. The average Bonchev–Trinajstić information content (AvgIpc) is 2.67. The summed E-state index contributed by atoms with van der Waals surface area (Å²) in [5.74, 6) is -0.946. The molecule has 1 fully saturated rings. The van der Waals surface area contributed by atoms with Gasteiger partial charge in [0.2, 0.25) is 0 Å². The first-order valence-electron chi connectivity index (χ1n) is 9.09. The first-order valence-corrected chi connectivity index (χ1v) is 12.5. The van der Waals surface area contributed by atoms with Crippen molar-refractivity contribution in [1.82, 2.24) is 0 Å². The highest BCUT2D eigenvalue weighted by Crippen LogP contribution is 2.42. The predicted molar refractivity (Wildman–Crippen MR) is 104 cm³/mol.